The summed E-state index contributed by atoms with van der Waals surface area (Å²) in [5, 5.41) is 4.37. The molecular weight excluding hydrogens is 288 g/mol. The smallest absolute Gasteiger partial charge is 0.197 e. The lowest BCUT2D eigenvalue weighted by molar-refractivity contribution is 0.0987. The van der Waals surface area contributed by atoms with Crippen LogP contribution in [0.5, 0.6) is 0 Å². The molecule has 2 aromatic carbocycles. The number of para-hydroxylation sites is 1. The molecule has 4 nitrogen and oxygen atoms in total. The van der Waals surface area contributed by atoms with E-state index in [4.69, 9.17) is 0 Å². The van der Waals surface area contributed by atoms with Crippen molar-refractivity contribution in [3.63, 3.8) is 0 Å². The maximum absolute atomic E-state index is 12.8. The molecule has 0 fully saturated rings. The minimum atomic E-state index is -0.220. The largest absolute Gasteiger partial charge is 0.293 e. The molecule has 1 heterocycles. The van der Waals surface area contributed by atoms with Crippen LogP contribution in [0.1, 0.15) is 39.0 Å². The molecule has 0 aliphatic heterocycles. The highest BCUT2D eigenvalue weighted by Gasteiger charge is 2.25. The van der Waals surface area contributed by atoms with Gasteiger partial charge in [0, 0.05) is 12.5 Å². The number of hydrogen-bond donors (Lipinski definition) is 0. The third-order valence-electron chi connectivity index (χ3n) is 3.71. The Kier molecular flexibility index (Phi) is 3.89. The average Bonchev–Trinajstić information content (AvgIpc) is 2.93. The van der Waals surface area contributed by atoms with Crippen LogP contribution in [0, 0.1) is 6.92 Å². The quantitative estimate of drug-likeness (QED) is 0.692. The SMILES string of the molecule is CC(=O)c1nn(-c2ccccc2)c(C)c1C(=O)c1ccccc1. The fourth-order valence-electron chi connectivity index (χ4n) is 2.57. The van der Waals surface area contributed by atoms with Crippen molar-refractivity contribution in [2.45, 2.75) is 13.8 Å². The first-order chi connectivity index (χ1) is 11.1. The Labute approximate surface area is 134 Å². The standard InChI is InChI=1S/C19H16N2O2/c1-13-17(19(23)15-9-5-3-6-10-15)18(14(2)22)20-21(13)16-11-7-4-8-12-16/h3-12H,1-2H3. The fourth-order valence-corrected chi connectivity index (χ4v) is 2.57. The summed E-state index contributed by atoms with van der Waals surface area (Å²) in [7, 11) is 0. The molecule has 0 unspecified atom stereocenters. The van der Waals surface area contributed by atoms with E-state index in [0.717, 1.165) is 5.69 Å². The van der Waals surface area contributed by atoms with Gasteiger partial charge in [0.1, 0.15) is 5.69 Å². The number of aromatic nitrogens is 2. The molecule has 114 valence electrons. The Balaban J connectivity index is 2.19. The van der Waals surface area contributed by atoms with Crippen molar-refractivity contribution in [2.75, 3.05) is 0 Å². The fraction of sp³-hybridized carbons (Fsp3) is 0.105. The minimum absolute atomic E-state index is 0.185. The molecule has 0 bridgehead atoms. The zero-order valence-electron chi connectivity index (χ0n) is 13.0. The van der Waals surface area contributed by atoms with E-state index in [1.807, 2.05) is 43.3 Å². The first-order valence-electron chi connectivity index (χ1n) is 7.35. The van der Waals surface area contributed by atoms with Gasteiger partial charge in [0.2, 0.25) is 0 Å². The van der Waals surface area contributed by atoms with E-state index in [2.05, 4.69) is 5.10 Å². The lowest BCUT2D eigenvalue weighted by atomic mass is 10.00. The monoisotopic (exact) mass is 304 g/mol. The lowest BCUT2D eigenvalue weighted by Crippen LogP contribution is -2.08. The van der Waals surface area contributed by atoms with E-state index in [1.54, 1.807) is 28.9 Å². The van der Waals surface area contributed by atoms with E-state index < -0.39 is 0 Å². The molecule has 0 N–H and O–H groups in total. The number of benzene rings is 2. The third-order valence-corrected chi connectivity index (χ3v) is 3.71. The Bertz CT molecular complexity index is 865. The first kappa shape index (κ1) is 14.9. The summed E-state index contributed by atoms with van der Waals surface area (Å²) in [6.07, 6.45) is 0. The van der Waals surface area contributed by atoms with Gasteiger partial charge in [-0.3, -0.25) is 9.59 Å². The molecule has 0 aliphatic rings. The maximum atomic E-state index is 12.8. The molecule has 0 atom stereocenters. The first-order valence-corrected chi connectivity index (χ1v) is 7.35. The van der Waals surface area contributed by atoms with E-state index >= 15 is 0 Å². The maximum Gasteiger partial charge on any atom is 0.197 e. The van der Waals surface area contributed by atoms with E-state index in [9.17, 15) is 9.59 Å². The third kappa shape index (κ3) is 2.71. The van der Waals surface area contributed by atoms with Gasteiger partial charge < -0.3 is 0 Å². The second kappa shape index (κ2) is 6.01. The Hall–Kier alpha value is -3.01. The van der Waals surface area contributed by atoms with Gasteiger partial charge >= 0.3 is 0 Å². The predicted octanol–water partition coefficient (Wildman–Crippen LogP) is 3.61. The van der Waals surface area contributed by atoms with Gasteiger partial charge in [-0.15, -0.1) is 0 Å². The van der Waals surface area contributed by atoms with Crippen molar-refractivity contribution in [3.8, 4) is 5.69 Å². The van der Waals surface area contributed by atoms with Crippen molar-refractivity contribution in [3.05, 3.63) is 83.2 Å². The van der Waals surface area contributed by atoms with Gasteiger partial charge in [0.15, 0.2) is 11.6 Å². The Morgan fingerprint density at radius 2 is 1.48 bits per heavy atom. The highest BCUT2D eigenvalue weighted by atomic mass is 16.1. The van der Waals surface area contributed by atoms with E-state index in [-0.39, 0.29) is 17.3 Å². The summed E-state index contributed by atoms with van der Waals surface area (Å²) in [5.41, 5.74) is 2.60. The molecule has 1 aromatic heterocycles. The summed E-state index contributed by atoms with van der Waals surface area (Å²) >= 11 is 0. The summed E-state index contributed by atoms with van der Waals surface area (Å²) in [5.74, 6) is -0.405. The van der Waals surface area contributed by atoms with Crippen LogP contribution in [-0.2, 0) is 0 Å². The second-order valence-electron chi connectivity index (χ2n) is 5.31. The van der Waals surface area contributed by atoms with Gasteiger partial charge in [-0.1, -0.05) is 48.5 Å². The van der Waals surface area contributed by atoms with Crippen LogP contribution in [-0.4, -0.2) is 21.3 Å². The van der Waals surface area contributed by atoms with Crippen molar-refractivity contribution in [1.29, 1.82) is 0 Å². The zero-order valence-corrected chi connectivity index (χ0v) is 13.0. The number of rotatable bonds is 4. The molecule has 0 aliphatic carbocycles. The molecule has 4 heteroatoms. The van der Waals surface area contributed by atoms with E-state index in [1.165, 1.54) is 6.92 Å². The van der Waals surface area contributed by atoms with Crippen LogP contribution >= 0.6 is 0 Å². The minimum Gasteiger partial charge on any atom is -0.293 e. The molecule has 0 saturated heterocycles. The van der Waals surface area contributed by atoms with Crippen molar-refractivity contribution >= 4 is 11.6 Å². The summed E-state index contributed by atoms with van der Waals surface area (Å²) in [4.78, 5) is 24.8. The summed E-state index contributed by atoms with van der Waals surface area (Å²) in [6.45, 7) is 3.24. The number of ketones is 2. The topological polar surface area (TPSA) is 52.0 Å². The van der Waals surface area contributed by atoms with Gasteiger partial charge in [0.05, 0.1) is 16.9 Å². The molecule has 0 saturated carbocycles. The number of Topliss-reactive ketones (excluding diaryl/α,β-unsaturated/α-hetero) is 1. The molecule has 0 amide bonds. The van der Waals surface area contributed by atoms with E-state index in [0.29, 0.717) is 16.8 Å². The van der Waals surface area contributed by atoms with Crippen LogP contribution in [0.3, 0.4) is 0 Å². The van der Waals surface area contributed by atoms with Crippen molar-refractivity contribution in [1.82, 2.24) is 9.78 Å². The summed E-state index contributed by atoms with van der Waals surface area (Å²) < 4.78 is 1.65. The molecule has 3 rings (SSSR count). The molecule has 23 heavy (non-hydrogen) atoms. The van der Waals surface area contributed by atoms with Gasteiger partial charge in [-0.05, 0) is 19.1 Å². The van der Waals surface area contributed by atoms with Gasteiger partial charge in [-0.2, -0.15) is 5.10 Å². The second-order valence-corrected chi connectivity index (χ2v) is 5.31. The number of hydrogen-bond acceptors (Lipinski definition) is 3. The van der Waals surface area contributed by atoms with Crippen LogP contribution in [0.2, 0.25) is 0 Å². The highest BCUT2D eigenvalue weighted by molar-refractivity contribution is 6.15. The Morgan fingerprint density at radius 3 is 2.04 bits per heavy atom. The van der Waals surface area contributed by atoms with Crippen molar-refractivity contribution < 1.29 is 9.59 Å². The lowest BCUT2D eigenvalue weighted by Gasteiger charge is -2.05. The highest BCUT2D eigenvalue weighted by Crippen LogP contribution is 2.22. The normalized spacial score (nSPS) is 10.5. The molecular formula is C19H16N2O2. The van der Waals surface area contributed by atoms with Gasteiger partial charge in [0.25, 0.3) is 0 Å². The van der Waals surface area contributed by atoms with Gasteiger partial charge in [-0.25, -0.2) is 4.68 Å². The predicted molar refractivity (Wildman–Crippen MR) is 88.2 cm³/mol. The van der Waals surface area contributed by atoms with Crippen LogP contribution < -0.4 is 0 Å². The van der Waals surface area contributed by atoms with Crippen LogP contribution in [0.25, 0.3) is 5.69 Å². The number of carbonyl (C=O) groups is 2. The molecule has 0 spiro atoms. The van der Waals surface area contributed by atoms with Crippen molar-refractivity contribution in [2.24, 2.45) is 0 Å². The number of nitrogens with zero attached hydrogens (tertiary/aromatic N) is 2. The van der Waals surface area contributed by atoms with Crippen LogP contribution in [0.15, 0.2) is 60.7 Å². The molecule has 3 aromatic rings. The Morgan fingerprint density at radius 1 is 0.913 bits per heavy atom. The molecule has 0 radical (unpaired) electrons. The average molecular weight is 304 g/mol. The summed E-state index contributed by atoms with van der Waals surface area (Å²) in [6, 6.07) is 18.4. The number of carbonyl (C=O) groups excluding carboxylic acids is 2. The van der Waals surface area contributed by atoms with Crippen LogP contribution in [0.4, 0.5) is 0 Å². The zero-order chi connectivity index (χ0) is 16.4.